The van der Waals surface area contributed by atoms with Crippen molar-refractivity contribution in [3.05, 3.63) is 73.2 Å². The van der Waals surface area contributed by atoms with Crippen LogP contribution in [0.3, 0.4) is 0 Å². The summed E-state index contributed by atoms with van der Waals surface area (Å²) in [5, 5.41) is 0. The molecule has 0 saturated carbocycles. The van der Waals surface area contributed by atoms with E-state index in [9.17, 15) is 0 Å². The fourth-order valence-corrected chi connectivity index (χ4v) is 2.89. The van der Waals surface area contributed by atoms with Crippen LogP contribution >= 0.6 is 0 Å². The van der Waals surface area contributed by atoms with E-state index in [-0.39, 0.29) is 0 Å². The number of hydrogen-bond acceptors (Lipinski definition) is 5. The number of hydrogen-bond donors (Lipinski definition) is 0. The molecule has 0 aliphatic heterocycles. The van der Waals surface area contributed by atoms with E-state index in [0.717, 1.165) is 33.8 Å². The molecule has 0 spiro atoms. The summed E-state index contributed by atoms with van der Waals surface area (Å²) in [6, 6.07) is 17.4. The van der Waals surface area contributed by atoms with Gasteiger partial charge >= 0.3 is 0 Å². The summed E-state index contributed by atoms with van der Waals surface area (Å²) < 4.78 is 16.6. The van der Waals surface area contributed by atoms with Gasteiger partial charge in [-0.3, -0.25) is 4.98 Å². The van der Waals surface area contributed by atoms with Crippen molar-refractivity contribution in [2.45, 2.75) is 0 Å². The Morgan fingerprint density at radius 3 is 2.37 bits per heavy atom. The molecule has 0 aliphatic carbocycles. The lowest BCUT2D eigenvalue weighted by atomic mass is 10.0. The van der Waals surface area contributed by atoms with Crippen molar-refractivity contribution >= 4 is 0 Å². The first-order chi connectivity index (χ1) is 13.3. The lowest BCUT2D eigenvalue weighted by Crippen LogP contribution is -1.88. The molecule has 2 aromatic heterocycles. The molecule has 5 heteroatoms. The van der Waals surface area contributed by atoms with Crippen LogP contribution in [0.15, 0.2) is 77.6 Å². The number of rotatable bonds is 5. The van der Waals surface area contributed by atoms with E-state index in [1.165, 1.54) is 0 Å². The van der Waals surface area contributed by atoms with Gasteiger partial charge in [0.25, 0.3) is 0 Å². The number of methoxy groups -OCH3 is 2. The zero-order valence-corrected chi connectivity index (χ0v) is 15.0. The minimum absolute atomic E-state index is 0.543. The van der Waals surface area contributed by atoms with Gasteiger partial charge in [0.05, 0.1) is 20.4 Å². The second kappa shape index (κ2) is 7.33. The van der Waals surface area contributed by atoms with E-state index < -0.39 is 0 Å². The third-order valence-electron chi connectivity index (χ3n) is 4.31. The topological polar surface area (TPSA) is 57.4 Å². The van der Waals surface area contributed by atoms with Crippen molar-refractivity contribution in [2.75, 3.05) is 14.2 Å². The van der Waals surface area contributed by atoms with Crippen LogP contribution in [0, 0.1) is 0 Å². The normalized spacial score (nSPS) is 10.6. The zero-order valence-electron chi connectivity index (χ0n) is 15.0. The van der Waals surface area contributed by atoms with E-state index in [1.807, 2.05) is 54.6 Å². The van der Waals surface area contributed by atoms with E-state index in [0.29, 0.717) is 11.7 Å². The maximum Gasteiger partial charge on any atom is 0.227 e. The molecule has 4 aromatic rings. The Morgan fingerprint density at radius 1 is 0.778 bits per heavy atom. The molecule has 0 amide bonds. The van der Waals surface area contributed by atoms with Gasteiger partial charge in [0, 0.05) is 29.1 Å². The number of aromatic nitrogens is 2. The molecule has 0 bridgehead atoms. The highest BCUT2D eigenvalue weighted by atomic mass is 16.5. The number of nitrogens with zero attached hydrogens (tertiary/aromatic N) is 2. The summed E-state index contributed by atoms with van der Waals surface area (Å²) in [6.45, 7) is 0. The molecule has 0 saturated heterocycles. The summed E-state index contributed by atoms with van der Waals surface area (Å²) >= 11 is 0. The Labute approximate surface area is 157 Å². The van der Waals surface area contributed by atoms with Crippen LogP contribution < -0.4 is 9.47 Å². The summed E-state index contributed by atoms with van der Waals surface area (Å²) in [5.74, 6) is 2.82. The first-order valence-corrected chi connectivity index (χ1v) is 8.47. The van der Waals surface area contributed by atoms with Crippen LogP contribution in [0.2, 0.25) is 0 Å². The molecule has 4 rings (SSSR count). The van der Waals surface area contributed by atoms with Gasteiger partial charge in [-0.2, -0.15) is 0 Å². The molecule has 0 unspecified atom stereocenters. The van der Waals surface area contributed by atoms with Gasteiger partial charge in [0.1, 0.15) is 11.5 Å². The van der Waals surface area contributed by atoms with Crippen LogP contribution in [-0.4, -0.2) is 24.2 Å². The Balaban J connectivity index is 1.73. The summed E-state index contributed by atoms with van der Waals surface area (Å²) in [4.78, 5) is 8.74. The minimum Gasteiger partial charge on any atom is -0.497 e. The zero-order chi connectivity index (χ0) is 18.6. The maximum absolute atomic E-state index is 6.04. The van der Waals surface area contributed by atoms with Crippen LogP contribution in [0.4, 0.5) is 0 Å². The fourth-order valence-electron chi connectivity index (χ4n) is 2.89. The lowest BCUT2D eigenvalue weighted by Gasteiger charge is -2.08. The summed E-state index contributed by atoms with van der Waals surface area (Å²) in [5.41, 5.74) is 3.73. The lowest BCUT2D eigenvalue weighted by molar-refractivity contribution is 0.415. The smallest absolute Gasteiger partial charge is 0.227 e. The van der Waals surface area contributed by atoms with Crippen LogP contribution in [-0.2, 0) is 0 Å². The average molecular weight is 358 g/mol. The first-order valence-electron chi connectivity index (χ1n) is 8.47. The third kappa shape index (κ3) is 3.40. The maximum atomic E-state index is 6.04. The van der Waals surface area contributed by atoms with Crippen molar-refractivity contribution in [2.24, 2.45) is 0 Å². The van der Waals surface area contributed by atoms with Gasteiger partial charge in [0.2, 0.25) is 5.89 Å². The summed E-state index contributed by atoms with van der Waals surface area (Å²) in [6.07, 6.45) is 5.27. The SMILES string of the molecule is COc1ccc(-c2cnc(-c3ccncc3-c3cccc(OC)c3)o2)cc1. The minimum atomic E-state index is 0.543. The third-order valence-corrected chi connectivity index (χ3v) is 4.31. The number of pyridine rings is 1. The van der Waals surface area contributed by atoms with E-state index in [2.05, 4.69) is 9.97 Å². The van der Waals surface area contributed by atoms with Gasteiger partial charge in [-0.15, -0.1) is 0 Å². The molecular weight excluding hydrogens is 340 g/mol. The Morgan fingerprint density at radius 2 is 1.59 bits per heavy atom. The van der Waals surface area contributed by atoms with Gasteiger partial charge in [0.15, 0.2) is 5.76 Å². The van der Waals surface area contributed by atoms with Crippen molar-refractivity contribution in [3.63, 3.8) is 0 Å². The highest BCUT2D eigenvalue weighted by molar-refractivity contribution is 5.80. The second-order valence-corrected chi connectivity index (χ2v) is 5.91. The van der Waals surface area contributed by atoms with E-state index in [4.69, 9.17) is 13.9 Å². The molecule has 0 aliphatic rings. The second-order valence-electron chi connectivity index (χ2n) is 5.91. The molecule has 2 aromatic carbocycles. The number of ether oxygens (including phenoxy) is 2. The molecule has 134 valence electrons. The quantitative estimate of drug-likeness (QED) is 0.497. The highest BCUT2D eigenvalue weighted by Crippen LogP contribution is 2.34. The van der Waals surface area contributed by atoms with Crippen LogP contribution in [0.5, 0.6) is 11.5 Å². The molecule has 2 heterocycles. The van der Waals surface area contributed by atoms with E-state index in [1.54, 1.807) is 32.8 Å². The van der Waals surface area contributed by atoms with Crippen LogP contribution in [0.25, 0.3) is 33.9 Å². The molecule has 0 N–H and O–H groups in total. The Kier molecular flexibility index (Phi) is 4.58. The standard InChI is InChI=1S/C22H18N2O3/c1-25-17-8-6-15(7-9-17)21-14-24-22(27-21)19-10-11-23-13-20(19)16-4-3-5-18(12-16)26-2/h3-14H,1-2H3. The van der Waals surface area contributed by atoms with Gasteiger partial charge in [-0.25, -0.2) is 4.98 Å². The number of benzene rings is 2. The molecular formula is C22H18N2O3. The van der Waals surface area contributed by atoms with Gasteiger partial charge in [-0.05, 0) is 48.0 Å². The molecule has 5 nitrogen and oxygen atoms in total. The number of oxazole rings is 1. The van der Waals surface area contributed by atoms with Gasteiger partial charge in [-0.1, -0.05) is 12.1 Å². The Bertz CT molecular complexity index is 1060. The van der Waals surface area contributed by atoms with Crippen molar-refractivity contribution in [1.29, 1.82) is 0 Å². The largest absolute Gasteiger partial charge is 0.497 e. The summed E-state index contributed by atoms with van der Waals surface area (Å²) in [7, 11) is 3.30. The molecule has 0 atom stereocenters. The first kappa shape index (κ1) is 16.8. The van der Waals surface area contributed by atoms with Gasteiger partial charge < -0.3 is 13.9 Å². The van der Waals surface area contributed by atoms with Crippen molar-refractivity contribution in [3.8, 4) is 45.4 Å². The van der Waals surface area contributed by atoms with Crippen molar-refractivity contribution in [1.82, 2.24) is 9.97 Å². The molecule has 0 fully saturated rings. The fraction of sp³-hybridized carbons (Fsp3) is 0.0909. The highest BCUT2D eigenvalue weighted by Gasteiger charge is 2.14. The predicted molar refractivity (Wildman–Crippen MR) is 104 cm³/mol. The molecule has 27 heavy (non-hydrogen) atoms. The van der Waals surface area contributed by atoms with E-state index >= 15 is 0 Å². The van der Waals surface area contributed by atoms with Crippen LogP contribution in [0.1, 0.15) is 0 Å². The van der Waals surface area contributed by atoms with Crippen molar-refractivity contribution < 1.29 is 13.9 Å². The Hall–Kier alpha value is -3.60. The predicted octanol–water partition coefficient (Wildman–Crippen LogP) is 5.09. The average Bonchev–Trinajstić information content (AvgIpc) is 3.24. The molecule has 0 radical (unpaired) electrons. The monoisotopic (exact) mass is 358 g/mol.